The predicted molar refractivity (Wildman–Crippen MR) is 84.4 cm³/mol. The van der Waals surface area contributed by atoms with Gasteiger partial charge in [-0.3, -0.25) is 9.59 Å². The van der Waals surface area contributed by atoms with E-state index in [2.05, 4.69) is 5.32 Å². The van der Waals surface area contributed by atoms with E-state index in [0.717, 1.165) is 10.6 Å². The number of carboxylic acids is 1. The molecule has 0 saturated carbocycles. The van der Waals surface area contributed by atoms with Crippen LogP contribution in [0.4, 0.5) is 11.4 Å². The minimum absolute atomic E-state index is 0.0639. The Morgan fingerprint density at radius 2 is 1.70 bits per heavy atom. The minimum Gasteiger partial charge on any atom is -0.478 e. The molecule has 0 radical (unpaired) electrons. The number of rotatable bonds is 4. The highest BCUT2D eigenvalue weighted by atomic mass is 16.4. The molecule has 3 rings (SSSR count). The molecular formula is C17H14N2O4. The molecule has 23 heavy (non-hydrogen) atoms. The topological polar surface area (TPSA) is 86.7 Å². The number of carboxylic acid groups (broad SMARTS) is 1. The van der Waals surface area contributed by atoms with Crippen molar-refractivity contribution in [1.82, 2.24) is 0 Å². The molecular weight excluding hydrogens is 296 g/mol. The van der Waals surface area contributed by atoms with Gasteiger partial charge in [0.2, 0.25) is 5.91 Å². The van der Waals surface area contributed by atoms with Crippen LogP contribution in [0, 0.1) is 0 Å². The van der Waals surface area contributed by atoms with E-state index in [0.29, 0.717) is 5.69 Å². The van der Waals surface area contributed by atoms with Crippen molar-refractivity contribution in [2.75, 3.05) is 10.2 Å². The summed E-state index contributed by atoms with van der Waals surface area (Å²) in [7, 11) is 0. The number of nitrogens with zero attached hydrogens (tertiary/aromatic N) is 1. The number of aromatic carboxylic acids is 1. The molecule has 0 spiro atoms. The lowest BCUT2D eigenvalue weighted by molar-refractivity contribution is -0.121. The highest BCUT2D eigenvalue weighted by Crippen LogP contribution is 2.25. The van der Waals surface area contributed by atoms with Crippen molar-refractivity contribution in [3.63, 3.8) is 0 Å². The molecule has 1 fully saturated rings. The number of nitrogens with one attached hydrogen (secondary N) is 1. The average Bonchev–Trinajstić information content (AvgIpc) is 2.82. The second-order valence-electron chi connectivity index (χ2n) is 5.19. The largest absolute Gasteiger partial charge is 0.478 e. The lowest BCUT2D eigenvalue weighted by Crippen LogP contribution is -2.34. The molecule has 1 aliphatic rings. The van der Waals surface area contributed by atoms with E-state index in [1.807, 2.05) is 30.3 Å². The van der Waals surface area contributed by atoms with Gasteiger partial charge in [-0.1, -0.05) is 18.2 Å². The number of amides is 2. The number of para-hydroxylation sites is 1. The van der Waals surface area contributed by atoms with Crippen LogP contribution in [-0.4, -0.2) is 28.9 Å². The molecule has 2 aromatic carbocycles. The molecule has 0 bridgehead atoms. The van der Waals surface area contributed by atoms with Gasteiger partial charge < -0.3 is 10.4 Å². The summed E-state index contributed by atoms with van der Waals surface area (Å²) in [4.78, 5) is 36.6. The van der Waals surface area contributed by atoms with E-state index in [4.69, 9.17) is 5.11 Å². The number of anilines is 2. The van der Waals surface area contributed by atoms with E-state index >= 15 is 0 Å². The Morgan fingerprint density at radius 1 is 1.04 bits per heavy atom. The lowest BCUT2D eigenvalue weighted by Gasteiger charge is -2.16. The highest BCUT2D eigenvalue weighted by molar-refractivity contribution is 6.23. The van der Waals surface area contributed by atoms with Crippen LogP contribution in [0.25, 0.3) is 0 Å². The fourth-order valence-electron chi connectivity index (χ4n) is 2.50. The maximum Gasteiger partial charge on any atom is 0.335 e. The average molecular weight is 310 g/mol. The molecule has 2 N–H and O–H groups in total. The van der Waals surface area contributed by atoms with Gasteiger partial charge in [0.15, 0.2) is 0 Å². The van der Waals surface area contributed by atoms with Crippen molar-refractivity contribution in [1.29, 1.82) is 0 Å². The van der Waals surface area contributed by atoms with Crippen molar-refractivity contribution in [3.8, 4) is 0 Å². The standard InChI is InChI=1S/C17H14N2O4/c20-15-10-14(18-12-4-2-1-3-5-12)16(21)19(15)13-8-6-11(7-9-13)17(22)23/h1-9,14,18H,10H2,(H,22,23)/t14-/m1/s1. The van der Waals surface area contributed by atoms with Gasteiger partial charge >= 0.3 is 5.97 Å². The summed E-state index contributed by atoms with van der Waals surface area (Å²) in [6, 6.07) is 14.2. The smallest absolute Gasteiger partial charge is 0.335 e. The van der Waals surface area contributed by atoms with Gasteiger partial charge in [0.25, 0.3) is 5.91 Å². The van der Waals surface area contributed by atoms with Gasteiger partial charge in [-0.2, -0.15) is 0 Å². The number of hydrogen-bond acceptors (Lipinski definition) is 4. The van der Waals surface area contributed by atoms with Gasteiger partial charge in [-0.15, -0.1) is 0 Å². The Morgan fingerprint density at radius 3 is 2.30 bits per heavy atom. The Bertz CT molecular complexity index is 756. The third-order valence-electron chi connectivity index (χ3n) is 3.63. The fraction of sp³-hybridized carbons (Fsp3) is 0.118. The van der Waals surface area contributed by atoms with Crippen molar-refractivity contribution in [2.24, 2.45) is 0 Å². The molecule has 1 aliphatic heterocycles. The molecule has 0 aliphatic carbocycles. The molecule has 1 saturated heterocycles. The maximum absolute atomic E-state index is 12.5. The molecule has 0 unspecified atom stereocenters. The van der Waals surface area contributed by atoms with Crippen LogP contribution >= 0.6 is 0 Å². The van der Waals surface area contributed by atoms with E-state index in [-0.39, 0.29) is 23.8 Å². The first kappa shape index (κ1) is 14.8. The van der Waals surface area contributed by atoms with Crippen LogP contribution in [0.15, 0.2) is 54.6 Å². The first-order valence-corrected chi connectivity index (χ1v) is 7.08. The normalized spacial score (nSPS) is 17.4. The third kappa shape index (κ3) is 2.91. The Kier molecular flexibility index (Phi) is 3.80. The monoisotopic (exact) mass is 310 g/mol. The van der Waals surface area contributed by atoms with E-state index in [1.54, 1.807) is 0 Å². The van der Waals surface area contributed by atoms with Gasteiger partial charge in [-0.25, -0.2) is 9.69 Å². The van der Waals surface area contributed by atoms with Crippen LogP contribution in [0.1, 0.15) is 16.8 Å². The summed E-state index contributed by atoms with van der Waals surface area (Å²) in [6.45, 7) is 0. The van der Waals surface area contributed by atoms with E-state index in [9.17, 15) is 14.4 Å². The molecule has 0 aromatic heterocycles. The van der Waals surface area contributed by atoms with Crippen LogP contribution < -0.4 is 10.2 Å². The van der Waals surface area contributed by atoms with Crippen LogP contribution in [-0.2, 0) is 9.59 Å². The molecule has 2 amide bonds. The van der Waals surface area contributed by atoms with Gasteiger partial charge in [0, 0.05) is 5.69 Å². The Hall–Kier alpha value is -3.15. The maximum atomic E-state index is 12.5. The van der Waals surface area contributed by atoms with E-state index < -0.39 is 12.0 Å². The zero-order chi connectivity index (χ0) is 16.4. The van der Waals surface area contributed by atoms with Crippen LogP contribution in [0.2, 0.25) is 0 Å². The number of imide groups is 1. The summed E-state index contributed by atoms with van der Waals surface area (Å²) < 4.78 is 0. The number of carbonyl (C=O) groups excluding carboxylic acids is 2. The Balaban J connectivity index is 1.79. The Labute approximate surface area is 132 Å². The third-order valence-corrected chi connectivity index (χ3v) is 3.63. The molecule has 2 aromatic rings. The fourth-order valence-corrected chi connectivity index (χ4v) is 2.50. The van der Waals surface area contributed by atoms with Gasteiger partial charge in [-0.05, 0) is 36.4 Å². The van der Waals surface area contributed by atoms with Crippen molar-refractivity contribution in [2.45, 2.75) is 12.5 Å². The zero-order valence-corrected chi connectivity index (χ0v) is 12.1. The van der Waals surface area contributed by atoms with Crippen molar-refractivity contribution < 1.29 is 19.5 Å². The lowest BCUT2D eigenvalue weighted by atomic mass is 10.2. The van der Waals surface area contributed by atoms with Crippen molar-refractivity contribution in [3.05, 3.63) is 60.2 Å². The highest BCUT2D eigenvalue weighted by Gasteiger charge is 2.39. The molecule has 6 nitrogen and oxygen atoms in total. The number of benzene rings is 2. The number of carbonyl (C=O) groups is 3. The first-order chi connectivity index (χ1) is 11.1. The molecule has 1 atom stereocenters. The van der Waals surface area contributed by atoms with Crippen LogP contribution in [0.3, 0.4) is 0 Å². The van der Waals surface area contributed by atoms with Gasteiger partial charge in [0.05, 0.1) is 17.7 Å². The summed E-state index contributed by atoms with van der Waals surface area (Å²) in [5.41, 5.74) is 1.25. The second-order valence-corrected chi connectivity index (χ2v) is 5.19. The summed E-state index contributed by atoms with van der Waals surface area (Å²) >= 11 is 0. The summed E-state index contributed by atoms with van der Waals surface area (Å²) in [6.07, 6.45) is 0.0639. The SMILES string of the molecule is O=C(O)c1ccc(N2C(=O)C[C@@H](Nc3ccccc3)C2=O)cc1. The number of hydrogen-bond donors (Lipinski definition) is 2. The van der Waals surface area contributed by atoms with Gasteiger partial charge in [0.1, 0.15) is 6.04 Å². The minimum atomic E-state index is -1.06. The predicted octanol–water partition coefficient (Wildman–Crippen LogP) is 2.13. The molecule has 1 heterocycles. The van der Waals surface area contributed by atoms with Crippen molar-refractivity contribution >= 4 is 29.2 Å². The van der Waals surface area contributed by atoms with Crippen LogP contribution in [0.5, 0.6) is 0 Å². The zero-order valence-electron chi connectivity index (χ0n) is 12.1. The molecule has 6 heteroatoms. The second kappa shape index (κ2) is 5.92. The first-order valence-electron chi connectivity index (χ1n) is 7.08. The molecule has 116 valence electrons. The van der Waals surface area contributed by atoms with E-state index in [1.165, 1.54) is 24.3 Å². The summed E-state index contributed by atoms with van der Waals surface area (Å²) in [5, 5.41) is 11.9. The summed E-state index contributed by atoms with van der Waals surface area (Å²) in [5.74, 6) is -1.72. The quantitative estimate of drug-likeness (QED) is 0.845.